The molecule has 0 atom stereocenters. The third-order valence-electron chi connectivity index (χ3n) is 2.58. The minimum absolute atomic E-state index is 0.173. The highest BCUT2D eigenvalue weighted by molar-refractivity contribution is 9.10. The zero-order valence-corrected chi connectivity index (χ0v) is 13.3. The third kappa shape index (κ3) is 3.11. The van der Waals surface area contributed by atoms with Crippen molar-refractivity contribution in [3.05, 3.63) is 44.4 Å². The first kappa shape index (κ1) is 14.4. The summed E-state index contributed by atoms with van der Waals surface area (Å²) in [4.78, 5) is 16.1. The number of nitrogens with one attached hydrogen (secondary N) is 1. The van der Waals surface area contributed by atoms with Crippen LogP contribution in [0.25, 0.3) is 0 Å². The molecule has 0 spiro atoms. The quantitative estimate of drug-likeness (QED) is 0.819. The van der Waals surface area contributed by atoms with Crippen molar-refractivity contribution in [1.29, 1.82) is 0 Å². The standard InChI is InChI=1S/C12H10BrCl2N3O/c1-6-3-9(14)16-11(15)10(6)17-12(19)8-4-7(13)5-18(8)2/h3-5H,1-2H3,(H,17,19). The Morgan fingerprint density at radius 2 is 2.11 bits per heavy atom. The van der Waals surface area contributed by atoms with Crippen molar-refractivity contribution < 1.29 is 4.79 Å². The number of aromatic nitrogens is 2. The maximum Gasteiger partial charge on any atom is 0.272 e. The summed E-state index contributed by atoms with van der Waals surface area (Å²) in [6.07, 6.45) is 1.80. The molecule has 2 rings (SSSR count). The number of nitrogens with zero attached hydrogens (tertiary/aromatic N) is 2. The van der Waals surface area contributed by atoms with E-state index in [0.717, 1.165) is 10.0 Å². The topological polar surface area (TPSA) is 46.9 Å². The van der Waals surface area contributed by atoms with Crippen LogP contribution in [0.3, 0.4) is 0 Å². The van der Waals surface area contributed by atoms with Crippen molar-refractivity contribution in [2.75, 3.05) is 5.32 Å². The summed E-state index contributed by atoms with van der Waals surface area (Å²) in [7, 11) is 1.79. The van der Waals surface area contributed by atoms with Gasteiger partial charge in [0.15, 0.2) is 5.15 Å². The average molecular weight is 363 g/mol. The molecule has 1 amide bonds. The van der Waals surface area contributed by atoms with Crippen molar-refractivity contribution in [3.63, 3.8) is 0 Å². The lowest BCUT2D eigenvalue weighted by atomic mass is 10.2. The minimum atomic E-state index is -0.262. The van der Waals surface area contributed by atoms with Crippen LogP contribution in [-0.4, -0.2) is 15.5 Å². The van der Waals surface area contributed by atoms with Gasteiger partial charge in [-0.2, -0.15) is 0 Å². The van der Waals surface area contributed by atoms with Crippen LogP contribution in [0.2, 0.25) is 10.3 Å². The molecular formula is C12H10BrCl2N3O. The smallest absolute Gasteiger partial charge is 0.272 e. The van der Waals surface area contributed by atoms with Gasteiger partial charge in [0.1, 0.15) is 10.8 Å². The predicted molar refractivity (Wildman–Crippen MR) is 80.1 cm³/mol. The predicted octanol–water partition coefficient (Wildman–Crippen LogP) is 4.05. The van der Waals surface area contributed by atoms with Gasteiger partial charge in [0.2, 0.25) is 0 Å². The van der Waals surface area contributed by atoms with Crippen LogP contribution in [0.5, 0.6) is 0 Å². The van der Waals surface area contributed by atoms with Crippen LogP contribution in [-0.2, 0) is 7.05 Å². The second-order valence-electron chi connectivity index (χ2n) is 4.04. The van der Waals surface area contributed by atoms with Gasteiger partial charge in [0.25, 0.3) is 5.91 Å². The zero-order chi connectivity index (χ0) is 14.2. The number of hydrogen-bond acceptors (Lipinski definition) is 2. The molecule has 2 aromatic heterocycles. The molecule has 4 nitrogen and oxygen atoms in total. The number of carbonyl (C=O) groups excluding carboxylic acids is 1. The van der Waals surface area contributed by atoms with E-state index in [4.69, 9.17) is 23.2 Å². The zero-order valence-electron chi connectivity index (χ0n) is 10.2. The van der Waals surface area contributed by atoms with E-state index in [1.54, 1.807) is 36.9 Å². The molecule has 0 aliphatic rings. The van der Waals surface area contributed by atoms with E-state index < -0.39 is 0 Å². The average Bonchev–Trinajstić information content (AvgIpc) is 2.62. The molecule has 0 saturated carbocycles. The fourth-order valence-electron chi connectivity index (χ4n) is 1.67. The summed E-state index contributed by atoms with van der Waals surface area (Å²) < 4.78 is 2.55. The molecule has 19 heavy (non-hydrogen) atoms. The summed E-state index contributed by atoms with van der Waals surface area (Å²) in [6.45, 7) is 1.80. The molecule has 2 aromatic rings. The fraction of sp³-hybridized carbons (Fsp3) is 0.167. The number of aryl methyl sites for hydroxylation is 2. The molecule has 0 bridgehead atoms. The van der Waals surface area contributed by atoms with Crippen molar-refractivity contribution in [3.8, 4) is 0 Å². The number of amides is 1. The molecule has 0 saturated heterocycles. The molecule has 0 fully saturated rings. The monoisotopic (exact) mass is 361 g/mol. The third-order valence-corrected chi connectivity index (χ3v) is 3.48. The number of hydrogen-bond donors (Lipinski definition) is 1. The maximum atomic E-state index is 12.2. The van der Waals surface area contributed by atoms with Gasteiger partial charge in [-0.05, 0) is 40.5 Å². The van der Waals surface area contributed by atoms with Gasteiger partial charge >= 0.3 is 0 Å². The highest BCUT2D eigenvalue weighted by Crippen LogP contribution is 2.27. The Morgan fingerprint density at radius 1 is 1.42 bits per heavy atom. The summed E-state index contributed by atoms with van der Waals surface area (Å²) >= 11 is 15.1. The van der Waals surface area contributed by atoms with Gasteiger partial charge in [-0.15, -0.1) is 0 Å². The number of carbonyl (C=O) groups is 1. The SMILES string of the molecule is Cc1cc(Cl)nc(Cl)c1NC(=O)c1cc(Br)cn1C. The van der Waals surface area contributed by atoms with Crippen LogP contribution in [0.4, 0.5) is 5.69 Å². The van der Waals surface area contributed by atoms with Crippen molar-refractivity contribution in [1.82, 2.24) is 9.55 Å². The van der Waals surface area contributed by atoms with E-state index in [1.165, 1.54) is 0 Å². The maximum absolute atomic E-state index is 12.2. The van der Waals surface area contributed by atoms with Gasteiger partial charge in [0, 0.05) is 17.7 Å². The van der Waals surface area contributed by atoms with Crippen molar-refractivity contribution in [2.45, 2.75) is 6.92 Å². The fourth-order valence-corrected chi connectivity index (χ4v) is 2.78. The number of anilines is 1. The Hall–Kier alpha value is -1.04. The second-order valence-corrected chi connectivity index (χ2v) is 5.70. The van der Waals surface area contributed by atoms with Gasteiger partial charge < -0.3 is 9.88 Å². The second kappa shape index (κ2) is 5.53. The van der Waals surface area contributed by atoms with Crippen LogP contribution in [0.15, 0.2) is 22.8 Å². The van der Waals surface area contributed by atoms with E-state index in [1.807, 2.05) is 0 Å². The van der Waals surface area contributed by atoms with Crippen molar-refractivity contribution in [2.24, 2.45) is 7.05 Å². The first-order chi connectivity index (χ1) is 8.88. The lowest BCUT2D eigenvalue weighted by Gasteiger charge is -2.10. The van der Waals surface area contributed by atoms with E-state index in [9.17, 15) is 4.79 Å². The van der Waals surface area contributed by atoms with Crippen LogP contribution < -0.4 is 5.32 Å². The number of pyridine rings is 1. The summed E-state index contributed by atoms with van der Waals surface area (Å²) in [5.74, 6) is -0.262. The van der Waals surface area contributed by atoms with Gasteiger partial charge in [-0.1, -0.05) is 23.2 Å². The van der Waals surface area contributed by atoms with Crippen LogP contribution in [0.1, 0.15) is 16.1 Å². The molecule has 0 radical (unpaired) electrons. The molecule has 7 heteroatoms. The lowest BCUT2D eigenvalue weighted by Crippen LogP contribution is -2.16. The number of rotatable bonds is 2. The molecule has 1 N–H and O–H groups in total. The Labute approximate surface area is 128 Å². The minimum Gasteiger partial charge on any atom is -0.345 e. The first-order valence-corrected chi connectivity index (χ1v) is 6.89. The highest BCUT2D eigenvalue weighted by atomic mass is 79.9. The van der Waals surface area contributed by atoms with E-state index in [0.29, 0.717) is 16.5 Å². The van der Waals surface area contributed by atoms with E-state index in [-0.39, 0.29) is 11.1 Å². The lowest BCUT2D eigenvalue weighted by molar-refractivity contribution is 0.101. The normalized spacial score (nSPS) is 10.6. The van der Waals surface area contributed by atoms with Gasteiger partial charge in [-0.3, -0.25) is 4.79 Å². The highest BCUT2D eigenvalue weighted by Gasteiger charge is 2.15. The summed E-state index contributed by atoms with van der Waals surface area (Å²) in [5.41, 5.74) is 1.73. The molecule has 0 aromatic carbocycles. The molecule has 0 unspecified atom stereocenters. The van der Waals surface area contributed by atoms with Gasteiger partial charge in [-0.25, -0.2) is 4.98 Å². The Balaban J connectivity index is 2.32. The first-order valence-electron chi connectivity index (χ1n) is 5.34. The largest absolute Gasteiger partial charge is 0.345 e. The molecule has 0 aliphatic heterocycles. The Morgan fingerprint density at radius 3 is 2.63 bits per heavy atom. The van der Waals surface area contributed by atoms with Crippen molar-refractivity contribution >= 4 is 50.7 Å². The van der Waals surface area contributed by atoms with Crippen LogP contribution in [0, 0.1) is 6.92 Å². The molecular weight excluding hydrogens is 353 g/mol. The van der Waals surface area contributed by atoms with Gasteiger partial charge in [0.05, 0.1) is 5.69 Å². The van der Waals surface area contributed by atoms with E-state index in [2.05, 4.69) is 26.2 Å². The molecule has 100 valence electrons. The molecule has 2 heterocycles. The van der Waals surface area contributed by atoms with Crippen LogP contribution >= 0.6 is 39.1 Å². The van der Waals surface area contributed by atoms with E-state index >= 15 is 0 Å². The summed E-state index contributed by atoms with van der Waals surface area (Å²) in [5, 5.41) is 3.21. The number of halogens is 3. The molecule has 0 aliphatic carbocycles. The summed E-state index contributed by atoms with van der Waals surface area (Å²) in [6, 6.07) is 3.37. The Kier molecular flexibility index (Phi) is 4.18. The Bertz CT molecular complexity index is 631.